The lowest BCUT2D eigenvalue weighted by Crippen LogP contribution is -2.30. The fourth-order valence-corrected chi connectivity index (χ4v) is 3.12. The number of hydrogen-bond donors (Lipinski definition) is 1. The Hall–Kier alpha value is -2.62. The summed E-state index contributed by atoms with van der Waals surface area (Å²) in [7, 11) is 0. The average Bonchev–Trinajstić information content (AvgIpc) is 3.15. The number of rotatable bonds is 4. The van der Waals surface area contributed by atoms with E-state index >= 15 is 0 Å². The monoisotopic (exact) mass is 336 g/mol. The zero-order chi connectivity index (χ0) is 17.8. The van der Waals surface area contributed by atoms with Gasteiger partial charge in [0.25, 0.3) is 11.8 Å². The Bertz CT molecular complexity index is 777. The predicted octanol–water partition coefficient (Wildman–Crippen LogP) is 3.73. The van der Waals surface area contributed by atoms with Crippen molar-refractivity contribution in [2.75, 3.05) is 13.1 Å². The molecule has 0 aromatic heterocycles. The van der Waals surface area contributed by atoms with Crippen LogP contribution in [0.1, 0.15) is 47.4 Å². The van der Waals surface area contributed by atoms with Crippen LogP contribution in [0.5, 0.6) is 0 Å². The number of nitrogens with one attached hydrogen (secondary N) is 1. The van der Waals surface area contributed by atoms with Gasteiger partial charge in [-0.05, 0) is 62.1 Å². The maximum absolute atomic E-state index is 12.6. The summed E-state index contributed by atoms with van der Waals surface area (Å²) in [6.45, 7) is 5.56. The normalized spacial score (nSPS) is 14.0. The van der Waals surface area contributed by atoms with Gasteiger partial charge in [-0.15, -0.1) is 0 Å². The van der Waals surface area contributed by atoms with Crippen molar-refractivity contribution in [2.24, 2.45) is 0 Å². The average molecular weight is 336 g/mol. The summed E-state index contributed by atoms with van der Waals surface area (Å²) in [5.74, 6) is 0.00852. The predicted molar refractivity (Wildman–Crippen MR) is 99.6 cm³/mol. The van der Waals surface area contributed by atoms with Crippen LogP contribution in [0, 0.1) is 0 Å². The fraction of sp³-hybridized carbons (Fsp3) is 0.333. The lowest BCUT2D eigenvalue weighted by molar-refractivity contribution is 0.0792. The van der Waals surface area contributed by atoms with Crippen molar-refractivity contribution in [1.29, 1.82) is 0 Å². The van der Waals surface area contributed by atoms with Gasteiger partial charge in [0, 0.05) is 30.3 Å². The van der Waals surface area contributed by atoms with Gasteiger partial charge in [0.1, 0.15) is 0 Å². The first-order chi connectivity index (χ1) is 12.0. The van der Waals surface area contributed by atoms with E-state index in [0.29, 0.717) is 11.1 Å². The molecule has 0 spiro atoms. The molecule has 1 N–H and O–H groups in total. The van der Waals surface area contributed by atoms with Crippen LogP contribution in [-0.4, -0.2) is 35.8 Å². The number of carbonyl (C=O) groups excluding carboxylic acids is 2. The van der Waals surface area contributed by atoms with Gasteiger partial charge in [0.15, 0.2) is 0 Å². The maximum atomic E-state index is 12.6. The SMILES string of the molecule is CC(C)NC(=O)c1cccc(-c2cccc(C(=O)N3CCCC3)c2)c1. The second-order valence-corrected chi connectivity index (χ2v) is 6.79. The van der Waals surface area contributed by atoms with Crippen LogP contribution >= 0.6 is 0 Å². The highest BCUT2D eigenvalue weighted by molar-refractivity contribution is 5.97. The topological polar surface area (TPSA) is 49.4 Å². The number of carbonyl (C=O) groups is 2. The molecular weight excluding hydrogens is 312 g/mol. The van der Waals surface area contributed by atoms with E-state index in [9.17, 15) is 9.59 Å². The quantitative estimate of drug-likeness (QED) is 0.925. The molecule has 2 aromatic rings. The van der Waals surface area contributed by atoms with E-state index in [4.69, 9.17) is 0 Å². The Labute approximate surface area is 148 Å². The van der Waals surface area contributed by atoms with E-state index in [1.54, 1.807) is 6.07 Å². The molecule has 2 amide bonds. The van der Waals surface area contributed by atoms with E-state index in [-0.39, 0.29) is 17.9 Å². The molecule has 0 aliphatic carbocycles. The molecule has 1 aliphatic rings. The molecule has 0 unspecified atom stereocenters. The van der Waals surface area contributed by atoms with Gasteiger partial charge in [-0.25, -0.2) is 0 Å². The van der Waals surface area contributed by atoms with Crippen LogP contribution in [0.15, 0.2) is 48.5 Å². The molecule has 25 heavy (non-hydrogen) atoms. The minimum absolute atomic E-state index is 0.0823. The molecule has 1 fully saturated rings. The van der Waals surface area contributed by atoms with E-state index in [1.807, 2.05) is 61.2 Å². The Balaban J connectivity index is 1.85. The third-order valence-electron chi connectivity index (χ3n) is 4.38. The minimum Gasteiger partial charge on any atom is -0.350 e. The zero-order valence-electron chi connectivity index (χ0n) is 14.8. The second-order valence-electron chi connectivity index (χ2n) is 6.79. The molecule has 3 rings (SSSR count). The maximum Gasteiger partial charge on any atom is 0.253 e. The molecule has 0 saturated carbocycles. The van der Waals surface area contributed by atoms with Crippen LogP contribution < -0.4 is 5.32 Å². The third kappa shape index (κ3) is 4.08. The van der Waals surface area contributed by atoms with Gasteiger partial charge in [0.05, 0.1) is 0 Å². The summed E-state index contributed by atoms with van der Waals surface area (Å²) in [4.78, 5) is 26.7. The highest BCUT2D eigenvalue weighted by Gasteiger charge is 2.19. The number of benzene rings is 2. The van der Waals surface area contributed by atoms with Crippen molar-refractivity contribution in [3.8, 4) is 11.1 Å². The highest BCUT2D eigenvalue weighted by atomic mass is 16.2. The number of nitrogens with zero attached hydrogens (tertiary/aromatic N) is 1. The fourth-order valence-electron chi connectivity index (χ4n) is 3.12. The van der Waals surface area contributed by atoms with Gasteiger partial charge < -0.3 is 10.2 Å². The van der Waals surface area contributed by atoms with Crippen LogP contribution in [0.3, 0.4) is 0 Å². The second kappa shape index (κ2) is 7.51. The number of amides is 2. The summed E-state index contributed by atoms with van der Waals surface area (Å²) in [6.07, 6.45) is 2.16. The Morgan fingerprint density at radius 3 is 2.08 bits per heavy atom. The number of likely N-dealkylation sites (tertiary alicyclic amines) is 1. The van der Waals surface area contributed by atoms with E-state index in [0.717, 1.165) is 37.1 Å². The molecule has 0 atom stereocenters. The van der Waals surface area contributed by atoms with E-state index < -0.39 is 0 Å². The zero-order valence-corrected chi connectivity index (χ0v) is 14.8. The molecule has 4 heteroatoms. The summed E-state index contributed by atoms with van der Waals surface area (Å²) in [5, 5.41) is 2.90. The summed E-state index contributed by atoms with van der Waals surface area (Å²) in [5.41, 5.74) is 3.22. The molecule has 0 radical (unpaired) electrons. The van der Waals surface area contributed by atoms with Gasteiger partial charge in [0.2, 0.25) is 0 Å². The highest BCUT2D eigenvalue weighted by Crippen LogP contribution is 2.23. The molecular formula is C21H24N2O2. The summed E-state index contributed by atoms with van der Waals surface area (Å²) < 4.78 is 0. The smallest absolute Gasteiger partial charge is 0.253 e. The summed E-state index contributed by atoms with van der Waals surface area (Å²) >= 11 is 0. The van der Waals surface area contributed by atoms with Crippen molar-refractivity contribution in [2.45, 2.75) is 32.7 Å². The first-order valence-electron chi connectivity index (χ1n) is 8.85. The Morgan fingerprint density at radius 2 is 1.48 bits per heavy atom. The first-order valence-corrected chi connectivity index (χ1v) is 8.85. The van der Waals surface area contributed by atoms with Crippen molar-refractivity contribution in [3.63, 3.8) is 0 Å². The van der Waals surface area contributed by atoms with Gasteiger partial charge in [-0.1, -0.05) is 24.3 Å². The first kappa shape index (κ1) is 17.2. The molecule has 130 valence electrons. The van der Waals surface area contributed by atoms with Crippen molar-refractivity contribution < 1.29 is 9.59 Å². The van der Waals surface area contributed by atoms with Gasteiger partial charge in [-0.3, -0.25) is 9.59 Å². The van der Waals surface area contributed by atoms with Crippen LogP contribution in [-0.2, 0) is 0 Å². The molecule has 1 heterocycles. The molecule has 1 aliphatic heterocycles. The Kier molecular flexibility index (Phi) is 5.17. The largest absolute Gasteiger partial charge is 0.350 e. The molecule has 4 nitrogen and oxygen atoms in total. The summed E-state index contributed by atoms with van der Waals surface area (Å²) in [6, 6.07) is 15.3. The number of hydrogen-bond acceptors (Lipinski definition) is 2. The van der Waals surface area contributed by atoms with Gasteiger partial charge >= 0.3 is 0 Å². The molecule has 0 bridgehead atoms. The van der Waals surface area contributed by atoms with E-state index in [2.05, 4.69) is 5.32 Å². The van der Waals surface area contributed by atoms with E-state index in [1.165, 1.54) is 0 Å². The molecule has 1 saturated heterocycles. The van der Waals surface area contributed by atoms with Crippen molar-refractivity contribution >= 4 is 11.8 Å². The lowest BCUT2D eigenvalue weighted by atomic mass is 10.0. The third-order valence-corrected chi connectivity index (χ3v) is 4.38. The van der Waals surface area contributed by atoms with Crippen LogP contribution in [0.25, 0.3) is 11.1 Å². The van der Waals surface area contributed by atoms with Crippen molar-refractivity contribution in [3.05, 3.63) is 59.7 Å². The minimum atomic E-state index is -0.0823. The Morgan fingerprint density at radius 1 is 0.920 bits per heavy atom. The van der Waals surface area contributed by atoms with Crippen LogP contribution in [0.4, 0.5) is 0 Å². The van der Waals surface area contributed by atoms with Gasteiger partial charge in [-0.2, -0.15) is 0 Å². The van der Waals surface area contributed by atoms with Crippen molar-refractivity contribution in [1.82, 2.24) is 10.2 Å². The molecule has 2 aromatic carbocycles. The standard InChI is InChI=1S/C21H24N2O2/c1-15(2)22-20(24)18-9-5-7-16(13-18)17-8-6-10-19(14-17)21(25)23-11-3-4-12-23/h5-10,13-15H,3-4,11-12H2,1-2H3,(H,22,24). The lowest BCUT2D eigenvalue weighted by Gasteiger charge is -2.16. The van der Waals surface area contributed by atoms with Crippen LogP contribution in [0.2, 0.25) is 0 Å².